The molecule has 3 heteroatoms. The van der Waals surface area contributed by atoms with Gasteiger partial charge in [-0.05, 0) is 31.0 Å². The number of hydrogen-bond donors (Lipinski definition) is 1. The summed E-state index contributed by atoms with van der Waals surface area (Å²) in [5.74, 6) is 0.123. The second-order valence-electron chi connectivity index (χ2n) is 4.06. The minimum Gasteiger partial charge on any atom is -0.316 e. The molecule has 0 spiro atoms. The Hall–Kier alpha value is -0.410. The van der Waals surface area contributed by atoms with E-state index in [2.05, 4.69) is 27.3 Å². The first kappa shape index (κ1) is 11.1. The van der Waals surface area contributed by atoms with Crippen molar-refractivity contribution in [2.24, 2.45) is 5.92 Å². The third-order valence-corrected chi connectivity index (χ3v) is 3.73. The summed E-state index contributed by atoms with van der Waals surface area (Å²) in [6.45, 7) is 1.61. The molecular weight excluding hydrogens is 257 g/mol. The molecule has 1 N–H and O–H groups in total. The number of piperidine rings is 1. The highest BCUT2D eigenvalue weighted by Crippen LogP contribution is 2.24. The summed E-state index contributed by atoms with van der Waals surface area (Å²) in [7, 11) is 0. The highest BCUT2D eigenvalue weighted by atomic mass is 79.9. The van der Waals surface area contributed by atoms with Crippen molar-refractivity contribution < 1.29 is 4.39 Å². The first-order valence-corrected chi connectivity index (χ1v) is 6.15. The van der Waals surface area contributed by atoms with Gasteiger partial charge in [0.1, 0.15) is 6.17 Å². The van der Waals surface area contributed by atoms with Crippen molar-refractivity contribution in [3.05, 3.63) is 34.3 Å². The van der Waals surface area contributed by atoms with Crippen molar-refractivity contribution >= 4 is 15.9 Å². The lowest BCUT2D eigenvalue weighted by atomic mass is 9.91. The zero-order chi connectivity index (χ0) is 10.7. The molecule has 0 aromatic heterocycles. The van der Waals surface area contributed by atoms with Crippen LogP contribution in [0.25, 0.3) is 0 Å². The predicted molar refractivity (Wildman–Crippen MR) is 63.7 cm³/mol. The molecule has 82 valence electrons. The molecule has 1 aromatic carbocycles. The van der Waals surface area contributed by atoms with E-state index in [-0.39, 0.29) is 5.92 Å². The second kappa shape index (κ2) is 5.08. The van der Waals surface area contributed by atoms with E-state index in [4.69, 9.17) is 0 Å². The minimum absolute atomic E-state index is 0.123. The molecule has 0 saturated carbocycles. The molecule has 1 nitrogen and oxygen atoms in total. The molecule has 0 amide bonds. The molecule has 2 atom stereocenters. The van der Waals surface area contributed by atoms with Crippen LogP contribution in [0.2, 0.25) is 0 Å². The first-order chi connectivity index (χ1) is 7.27. The van der Waals surface area contributed by atoms with Crippen LogP contribution >= 0.6 is 15.9 Å². The summed E-state index contributed by atoms with van der Waals surface area (Å²) in [5, 5.41) is 3.25. The highest BCUT2D eigenvalue weighted by Gasteiger charge is 2.24. The van der Waals surface area contributed by atoms with Crippen LogP contribution in [0.15, 0.2) is 28.7 Å². The molecule has 15 heavy (non-hydrogen) atoms. The lowest BCUT2D eigenvalue weighted by molar-refractivity contribution is 0.178. The number of hydrogen-bond acceptors (Lipinski definition) is 1. The van der Waals surface area contributed by atoms with Crippen molar-refractivity contribution in [1.29, 1.82) is 0 Å². The Morgan fingerprint density at radius 1 is 1.40 bits per heavy atom. The van der Waals surface area contributed by atoms with Gasteiger partial charge in [0.05, 0.1) is 0 Å². The molecular formula is C12H15BrFN. The molecule has 1 aliphatic rings. The SMILES string of the molecule is FC1CCNCC1Cc1ccccc1Br. The molecule has 1 aliphatic heterocycles. The maximum atomic E-state index is 13.6. The fraction of sp³-hybridized carbons (Fsp3) is 0.500. The smallest absolute Gasteiger partial charge is 0.106 e. The Bertz CT molecular complexity index is 329. The summed E-state index contributed by atoms with van der Waals surface area (Å²) in [6, 6.07) is 8.06. The first-order valence-electron chi connectivity index (χ1n) is 5.35. The van der Waals surface area contributed by atoms with Crippen LogP contribution in [-0.4, -0.2) is 19.3 Å². The summed E-state index contributed by atoms with van der Waals surface area (Å²) < 4.78 is 14.7. The summed E-state index contributed by atoms with van der Waals surface area (Å²) in [4.78, 5) is 0. The average molecular weight is 272 g/mol. The Morgan fingerprint density at radius 2 is 2.20 bits per heavy atom. The zero-order valence-corrected chi connectivity index (χ0v) is 10.1. The molecule has 2 rings (SSSR count). The molecule has 1 fully saturated rings. The quantitative estimate of drug-likeness (QED) is 0.872. The average Bonchev–Trinajstić information content (AvgIpc) is 2.24. The Labute approximate surface area is 98.2 Å². The van der Waals surface area contributed by atoms with Crippen LogP contribution in [0, 0.1) is 5.92 Å². The Kier molecular flexibility index (Phi) is 3.76. The van der Waals surface area contributed by atoms with E-state index in [0.717, 1.165) is 24.0 Å². The Balaban J connectivity index is 2.04. The van der Waals surface area contributed by atoms with Gasteiger partial charge in [-0.1, -0.05) is 34.1 Å². The van der Waals surface area contributed by atoms with Gasteiger partial charge in [0.2, 0.25) is 0 Å². The topological polar surface area (TPSA) is 12.0 Å². The van der Waals surface area contributed by atoms with E-state index in [1.165, 1.54) is 5.56 Å². The fourth-order valence-electron chi connectivity index (χ4n) is 2.04. The molecule has 0 aliphatic carbocycles. The summed E-state index contributed by atoms with van der Waals surface area (Å²) >= 11 is 3.50. The van der Waals surface area contributed by atoms with E-state index in [1.54, 1.807) is 0 Å². The van der Waals surface area contributed by atoms with Gasteiger partial charge < -0.3 is 5.32 Å². The largest absolute Gasteiger partial charge is 0.316 e. The number of benzene rings is 1. The number of rotatable bonds is 2. The van der Waals surface area contributed by atoms with E-state index in [1.807, 2.05) is 18.2 Å². The van der Waals surface area contributed by atoms with E-state index in [9.17, 15) is 4.39 Å². The molecule has 1 aromatic rings. The van der Waals surface area contributed by atoms with Crippen molar-refractivity contribution in [3.8, 4) is 0 Å². The minimum atomic E-state index is -0.654. The zero-order valence-electron chi connectivity index (χ0n) is 8.55. The van der Waals surface area contributed by atoms with Gasteiger partial charge in [-0.15, -0.1) is 0 Å². The number of halogens is 2. The van der Waals surface area contributed by atoms with Crippen LogP contribution in [0.3, 0.4) is 0 Å². The lowest BCUT2D eigenvalue weighted by Crippen LogP contribution is -2.38. The van der Waals surface area contributed by atoms with Gasteiger partial charge in [-0.2, -0.15) is 0 Å². The predicted octanol–water partition coefficient (Wildman–Crippen LogP) is 2.94. The normalized spacial score (nSPS) is 26.5. The molecule has 1 heterocycles. The van der Waals surface area contributed by atoms with Crippen LogP contribution in [-0.2, 0) is 6.42 Å². The van der Waals surface area contributed by atoms with Crippen LogP contribution in [0.4, 0.5) is 4.39 Å². The van der Waals surface area contributed by atoms with Gasteiger partial charge in [0, 0.05) is 16.9 Å². The third kappa shape index (κ3) is 2.79. The fourth-order valence-corrected chi connectivity index (χ4v) is 2.48. The molecule has 2 unspecified atom stereocenters. The third-order valence-electron chi connectivity index (χ3n) is 2.95. The van der Waals surface area contributed by atoms with Crippen molar-refractivity contribution in [2.45, 2.75) is 19.0 Å². The highest BCUT2D eigenvalue weighted by molar-refractivity contribution is 9.10. The van der Waals surface area contributed by atoms with Crippen molar-refractivity contribution in [2.75, 3.05) is 13.1 Å². The van der Waals surface area contributed by atoms with Gasteiger partial charge >= 0.3 is 0 Å². The summed E-state index contributed by atoms with van der Waals surface area (Å²) in [6.07, 6.45) is 0.809. The van der Waals surface area contributed by atoms with Gasteiger partial charge in [-0.25, -0.2) is 4.39 Å². The second-order valence-corrected chi connectivity index (χ2v) is 4.92. The van der Waals surface area contributed by atoms with Gasteiger partial charge in [0.15, 0.2) is 0 Å². The lowest BCUT2D eigenvalue weighted by Gasteiger charge is -2.27. The number of alkyl halides is 1. The van der Waals surface area contributed by atoms with E-state index < -0.39 is 6.17 Å². The standard InChI is InChI=1S/C12H15BrFN/c13-11-4-2-1-3-9(11)7-10-8-15-6-5-12(10)14/h1-4,10,12,15H,5-8H2. The van der Waals surface area contributed by atoms with Crippen LogP contribution in [0.5, 0.6) is 0 Å². The van der Waals surface area contributed by atoms with Crippen molar-refractivity contribution in [3.63, 3.8) is 0 Å². The maximum absolute atomic E-state index is 13.6. The maximum Gasteiger partial charge on any atom is 0.106 e. The van der Waals surface area contributed by atoms with E-state index >= 15 is 0 Å². The van der Waals surface area contributed by atoms with Crippen molar-refractivity contribution in [1.82, 2.24) is 5.32 Å². The number of nitrogens with one attached hydrogen (secondary N) is 1. The van der Waals surface area contributed by atoms with Crippen LogP contribution in [0.1, 0.15) is 12.0 Å². The monoisotopic (exact) mass is 271 g/mol. The molecule has 0 radical (unpaired) electrons. The molecule has 0 bridgehead atoms. The van der Waals surface area contributed by atoms with Gasteiger partial charge in [0.25, 0.3) is 0 Å². The summed E-state index contributed by atoms with van der Waals surface area (Å²) in [5.41, 5.74) is 1.20. The van der Waals surface area contributed by atoms with Gasteiger partial charge in [-0.3, -0.25) is 0 Å². The molecule has 1 saturated heterocycles. The van der Waals surface area contributed by atoms with E-state index in [0.29, 0.717) is 6.42 Å². The van der Waals surface area contributed by atoms with Crippen LogP contribution < -0.4 is 5.32 Å². The Morgan fingerprint density at radius 3 is 2.93 bits per heavy atom.